The van der Waals surface area contributed by atoms with Crippen LogP contribution in [0.4, 0.5) is 11.4 Å². The van der Waals surface area contributed by atoms with Gasteiger partial charge in [0.2, 0.25) is 0 Å². The minimum absolute atomic E-state index is 0.0249. The van der Waals surface area contributed by atoms with E-state index >= 15 is 0 Å². The summed E-state index contributed by atoms with van der Waals surface area (Å²) in [6.07, 6.45) is 2.62. The van der Waals surface area contributed by atoms with E-state index in [9.17, 15) is 10.1 Å². The minimum atomic E-state index is -0.416. The number of anilines is 1. The van der Waals surface area contributed by atoms with Crippen LogP contribution in [0.3, 0.4) is 0 Å². The van der Waals surface area contributed by atoms with Gasteiger partial charge in [-0.25, -0.2) is 0 Å². The van der Waals surface area contributed by atoms with E-state index in [-0.39, 0.29) is 12.3 Å². The van der Waals surface area contributed by atoms with E-state index in [2.05, 4.69) is 6.58 Å². The van der Waals surface area contributed by atoms with Crippen molar-refractivity contribution in [3.05, 3.63) is 46.5 Å². The zero-order chi connectivity index (χ0) is 13.5. The number of nitro groups is 1. The zero-order valence-electron chi connectivity index (χ0n) is 10.5. The van der Waals surface area contributed by atoms with E-state index in [0.717, 1.165) is 13.0 Å². The molecule has 0 spiro atoms. The van der Waals surface area contributed by atoms with E-state index in [4.69, 9.17) is 5.11 Å². The molecule has 0 aliphatic rings. The molecule has 0 saturated carbocycles. The molecule has 0 radical (unpaired) electrons. The molecule has 5 nitrogen and oxygen atoms in total. The lowest BCUT2D eigenvalue weighted by atomic mass is 10.1. The number of benzene rings is 1. The van der Waals surface area contributed by atoms with Crippen LogP contribution in [-0.4, -0.2) is 23.1 Å². The van der Waals surface area contributed by atoms with E-state index in [0.29, 0.717) is 17.8 Å². The van der Waals surface area contributed by atoms with Crippen molar-refractivity contribution in [1.82, 2.24) is 0 Å². The lowest BCUT2D eigenvalue weighted by Crippen LogP contribution is -2.24. The Morgan fingerprint density at radius 3 is 2.78 bits per heavy atom. The van der Waals surface area contributed by atoms with Crippen molar-refractivity contribution < 1.29 is 10.0 Å². The van der Waals surface area contributed by atoms with Gasteiger partial charge in [0.25, 0.3) is 5.69 Å². The lowest BCUT2D eigenvalue weighted by molar-refractivity contribution is -0.384. The van der Waals surface area contributed by atoms with Gasteiger partial charge in [-0.3, -0.25) is 10.1 Å². The highest BCUT2D eigenvalue weighted by atomic mass is 16.6. The molecule has 1 aromatic rings. The normalized spacial score (nSPS) is 10.1. The van der Waals surface area contributed by atoms with Crippen LogP contribution in [0.1, 0.15) is 18.9 Å². The van der Waals surface area contributed by atoms with Crippen molar-refractivity contribution in [2.24, 2.45) is 0 Å². The molecule has 0 aromatic heterocycles. The Bertz CT molecular complexity index is 432. The standard InChI is InChI=1S/C13H18N2O3/c1-3-7-14(8-4-2)12-6-5-11(10-16)9-13(12)15(17)18/h3,5-6,9,16H,1,4,7-8,10H2,2H3. The molecule has 98 valence electrons. The maximum absolute atomic E-state index is 11.1. The summed E-state index contributed by atoms with van der Waals surface area (Å²) in [5.41, 5.74) is 1.14. The van der Waals surface area contributed by atoms with Crippen LogP contribution in [0.15, 0.2) is 30.9 Å². The van der Waals surface area contributed by atoms with E-state index < -0.39 is 4.92 Å². The smallest absolute Gasteiger partial charge is 0.292 e. The summed E-state index contributed by atoms with van der Waals surface area (Å²) in [6.45, 7) is 6.77. The number of aliphatic hydroxyl groups is 1. The maximum atomic E-state index is 11.1. The maximum Gasteiger partial charge on any atom is 0.292 e. The predicted molar refractivity (Wildman–Crippen MR) is 71.7 cm³/mol. The van der Waals surface area contributed by atoms with Crippen molar-refractivity contribution in [1.29, 1.82) is 0 Å². The highest BCUT2D eigenvalue weighted by Crippen LogP contribution is 2.29. The summed E-state index contributed by atoms with van der Waals surface area (Å²) in [6, 6.07) is 4.80. The third-order valence-electron chi connectivity index (χ3n) is 2.60. The molecule has 0 fully saturated rings. The molecule has 0 aliphatic heterocycles. The van der Waals surface area contributed by atoms with Crippen molar-refractivity contribution >= 4 is 11.4 Å². The third kappa shape index (κ3) is 3.30. The quantitative estimate of drug-likeness (QED) is 0.458. The molecule has 0 bridgehead atoms. The Morgan fingerprint density at radius 1 is 1.56 bits per heavy atom. The van der Waals surface area contributed by atoms with E-state index in [1.54, 1.807) is 18.2 Å². The number of nitro benzene ring substituents is 1. The van der Waals surface area contributed by atoms with Crippen LogP contribution in [-0.2, 0) is 6.61 Å². The van der Waals surface area contributed by atoms with Gasteiger partial charge >= 0.3 is 0 Å². The summed E-state index contributed by atoms with van der Waals surface area (Å²) in [7, 11) is 0. The minimum Gasteiger partial charge on any atom is -0.392 e. The van der Waals surface area contributed by atoms with Gasteiger partial charge in [-0.2, -0.15) is 0 Å². The van der Waals surface area contributed by atoms with Gasteiger partial charge in [-0.05, 0) is 18.1 Å². The second-order valence-electron chi connectivity index (χ2n) is 3.97. The molecule has 1 rings (SSSR count). The fraction of sp³-hybridized carbons (Fsp3) is 0.385. The summed E-state index contributed by atoms with van der Waals surface area (Å²) in [5, 5.41) is 20.1. The zero-order valence-corrected chi connectivity index (χ0v) is 10.5. The number of hydrogen-bond acceptors (Lipinski definition) is 4. The number of aliphatic hydroxyl groups excluding tert-OH is 1. The lowest BCUT2D eigenvalue weighted by Gasteiger charge is -2.22. The highest BCUT2D eigenvalue weighted by Gasteiger charge is 2.18. The predicted octanol–water partition coefficient (Wildman–Crippen LogP) is 2.49. The Hall–Kier alpha value is -1.88. The molecule has 0 saturated heterocycles. The first-order valence-electron chi connectivity index (χ1n) is 5.88. The SMILES string of the molecule is C=CCN(CCC)c1ccc(CO)cc1[N+](=O)[O-]. The molecule has 1 aromatic carbocycles. The van der Waals surface area contributed by atoms with Gasteiger partial charge in [-0.15, -0.1) is 6.58 Å². The van der Waals surface area contributed by atoms with E-state index in [1.807, 2.05) is 11.8 Å². The van der Waals surface area contributed by atoms with Crippen LogP contribution < -0.4 is 4.90 Å². The molecule has 5 heteroatoms. The van der Waals surface area contributed by atoms with Crippen LogP contribution >= 0.6 is 0 Å². The summed E-state index contributed by atoms with van der Waals surface area (Å²) in [5.74, 6) is 0. The summed E-state index contributed by atoms with van der Waals surface area (Å²) >= 11 is 0. The summed E-state index contributed by atoms with van der Waals surface area (Å²) in [4.78, 5) is 12.6. The first kappa shape index (κ1) is 14.2. The molecule has 0 unspecified atom stereocenters. The first-order chi connectivity index (χ1) is 8.63. The Balaban J connectivity index is 3.18. The van der Waals surface area contributed by atoms with Crippen LogP contribution in [0.25, 0.3) is 0 Å². The fourth-order valence-corrected chi connectivity index (χ4v) is 1.82. The molecule has 18 heavy (non-hydrogen) atoms. The largest absolute Gasteiger partial charge is 0.392 e. The van der Waals surface area contributed by atoms with Gasteiger partial charge in [-0.1, -0.05) is 19.1 Å². The fourth-order valence-electron chi connectivity index (χ4n) is 1.82. The van der Waals surface area contributed by atoms with Gasteiger partial charge < -0.3 is 10.0 Å². The number of rotatable bonds is 7. The molecule has 0 heterocycles. The Morgan fingerprint density at radius 2 is 2.28 bits per heavy atom. The highest BCUT2D eigenvalue weighted by molar-refractivity contribution is 5.64. The first-order valence-corrected chi connectivity index (χ1v) is 5.88. The van der Waals surface area contributed by atoms with Gasteiger partial charge in [0.1, 0.15) is 5.69 Å². The summed E-state index contributed by atoms with van der Waals surface area (Å²) < 4.78 is 0. The van der Waals surface area contributed by atoms with Gasteiger partial charge in [0.15, 0.2) is 0 Å². The Labute approximate surface area is 107 Å². The number of hydrogen-bond donors (Lipinski definition) is 1. The van der Waals surface area contributed by atoms with Crippen molar-refractivity contribution in [3.63, 3.8) is 0 Å². The van der Waals surface area contributed by atoms with Gasteiger partial charge in [0, 0.05) is 19.2 Å². The molecule has 1 N–H and O–H groups in total. The van der Waals surface area contributed by atoms with Crippen LogP contribution in [0.2, 0.25) is 0 Å². The molecule has 0 atom stereocenters. The Kier molecular flexibility index (Phi) is 5.32. The van der Waals surface area contributed by atoms with Crippen LogP contribution in [0, 0.1) is 10.1 Å². The second-order valence-corrected chi connectivity index (χ2v) is 3.97. The van der Waals surface area contributed by atoms with Gasteiger partial charge in [0.05, 0.1) is 11.5 Å². The topological polar surface area (TPSA) is 66.6 Å². The monoisotopic (exact) mass is 250 g/mol. The molecular weight excluding hydrogens is 232 g/mol. The number of nitrogens with zero attached hydrogens (tertiary/aromatic N) is 2. The third-order valence-corrected chi connectivity index (χ3v) is 2.60. The van der Waals surface area contributed by atoms with E-state index in [1.165, 1.54) is 6.07 Å². The molecular formula is C13H18N2O3. The average molecular weight is 250 g/mol. The van der Waals surface area contributed by atoms with Crippen LogP contribution in [0.5, 0.6) is 0 Å². The molecule has 0 amide bonds. The average Bonchev–Trinajstić information content (AvgIpc) is 2.37. The van der Waals surface area contributed by atoms with Crippen molar-refractivity contribution in [2.45, 2.75) is 20.0 Å². The van der Waals surface area contributed by atoms with Crippen molar-refractivity contribution in [2.75, 3.05) is 18.0 Å². The molecule has 0 aliphatic carbocycles. The second kappa shape index (κ2) is 6.76. The van der Waals surface area contributed by atoms with Crippen molar-refractivity contribution in [3.8, 4) is 0 Å².